The Morgan fingerprint density at radius 3 is 2.62 bits per heavy atom. The summed E-state index contributed by atoms with van der Waals surface area (Å²) in [6.07, 6.45) is 4.23. The van der Waals surface area contributed by atoms with Gasteiger partial charge in [-0.05, 0) is 13.8 Å². The molecule has 0 heterocycles. The Labute approximate surface area is 49.1 Å². The molecule has 0 aromatic carbocycles. The quantitative estimate of drug-likeness (QED) is 0.403. The summed E-state index contributed by atoms with van der Waals surface area (Å²) in [6, 6.07) is 0. The second-order valence-electron chi connectivity index (χ2n) is 1.61. The fourth-order valence-corrected chi connectivity index (χ4v) is 0.224. The van der Waals surface area contributed by atoms with E-state index in [0.29, 0.717) is 0 Å². The van der Waals surface area contributed by atoms with E-state index >= 15 is 0 Å². The first kappa shape index (κ1) is 7.21. The molecule has 0 saturated heterocycles. The van der Waals surface area contributed by atoms with Gasteiger partial charge in [-0.1, -0.05) is 0 Å². The fourth-order valence-electron chi connectivity index (χ4n) is 0.224. The van der Waals surface area contributed by atoms with Gasteiger partial charge >= 0.3 is 0 Å². The van der Waals surface area contributed by atoms with Crippen LogP contribution in [-0.4, -0.2) is 12.4 Å². The Kier molecular flexibility index (Phi) is 3.94. The summed E-state index contributed by atoms with van der Waals surface area (Å²) in [4.78, 5) is 9.49. The van der Waals surface area contributed by atoms with Crippen LogP contribution in [0.15, 0.2) is 12.3 Å². The van der Waals surface area contributed by atoms with Crippen molar-refractivity contribution in [1.29, 1.82) is 0 Å². The number of allylic oxidation sites excluding steroid dienone is 1. The van der Waals surface area contributed by atoms with Gasteiger partial charge in [0.05, 0.1) is 12.4 Å². The number of ether oxygens (including phenoxy) is 1. The second-order valence-corrected chi connectivity index (χ2v) is 1.61. The van der Waals surface area contributed by atoms with Crippen LogP contribution in [0.3, 0.4) is 0 Å². The Balaban J connectivity index is 3.15. The van der Waals surface area contributed by atoms with Gasteiger partial charge in [-0.15, -0.1) is 0 Å². The minimum Gasteiger partial charge on any atom is -0.498 e. The molecule has 8 heavy (non-hydrogen) atoms. The number of hydrogen-bond acceptors (Lipinski definition) is 2. The van der Waals surface area contributed by atoms with Crippen molar-refractivity contribution in [3.05, 3.63) is 12.3 Å². The first-order chi connectivity index (χ1) is 3.77. The van der Waals surface area contributed by atoms with E-state index in [0.717, 1.165) is 0 Å². The summed E-state index contributed by atoms with van der Waals surface area (Å²) in [5, 5.41) is 0. The lowest BCUT2D eigenvalue weighted by Crippen LogP contribution is -1.94. The summed E-state index contributed by atoms with van der Waals surface area (Å²) in [5.74, 6) is 0. The zero-order chi connectivity index (χ0) is 6.41. The molecule has 0 N–H and O–H groups in total. The molecule has 1 radical (unpaired) electrons. The van der Waals surface area contributed by atoms with Crippen molar-refractivity contribution in [2.45, 2.75) is 20.0 Å². The predicted molar refractivity (Wildman–Crippen MR) is 31.1 cm³/mol. The van der Waals surface area contributed by atoms with E-state index in [1.165, 1.54) is 12.3 Å². The van der Waals surface area contributed by atoms with Crippen molar-refractivity contribution in [1.82, 2.24) is 0 Å². The second kappa shape index (κ2) is 4.37. The first-order valence-electron chi connectivity index (χ1n) is 2.45. The molecule has 0 unspecified atom stereocenters. The lowest BCUT2D eigenvalue weighted by atomic mass is 10.5. The molecule has 0 atom stereocenters. The zero-order valence-electron chi connectivity index (χ0n) is 5.05. The lowest BCUT2D eigenvalue weighted by Gasteiger charge is -2.00. The normalized spacial score (nSPS) is 10.4. The third kappa shape index (κ3) is 5.21. The number of rotatable bonds is 3. The lowest BCUT2D eigenvalue weighted by molar-refractivity contribution is 0.180. The monoisotopic (exact) mass is 113 g/mol. The van der Waals surface area contributed by atoms with Gasteiger partial charge in [0.15, 0.2) is 0 Å². The standard InChI is InChI=1S/C6H9O2/c1-6(2)8-5-3-4-7/h3,5-6H,1-2H3. The minimum absolute atomic E-state index is 0.139. The highest BCUT2D eigenvalue weighted by atomic mass is 16.5. The highest BCUT2D eigenvalue weighted by Gasteiger charge is 1.83. The SMILES string of the molecule is CC(C)OC=C[C]=O. The minimum atomic E-state index is 0.139. The van der Waals surface area contributed by atoms with Crippen molar-refractivity contribution in [2.24, 2.45) is 0 Å². The Morgan fingerprint density at radius 1 is 1.62 bits per heavy atom. The maximum Gasteiger partial charge on any atom is 0.228 e. The molecular formula is C6H9O2. The Bertz CT molecular complexity index is 84.5. The molecule has 45 valence electrons. The van der Waals surface area contributed by atoms with Crippen molar-refractivity contribution >= 4 is 6.29 Å². The molecule has 0 aromatic rings. The van der Waals surface area contributed by atoms with Crippen LogP contribution < -0.4 is 0 Å². The van der Waals surface area contributed by atoms with Gasteiger partial charge in [0.1, 0.15) is 0 Å². The van der Waals surface area contributed by atoms with Crippen LogP contribution in [0.4, 0.5) is 0 Å². The summed E-state index contributed by atoms with van der Waals surface area (Å²) in [5.41, 5.74) is 0. The average molecular weight is 113 g/mol. The number of hydrogen-bond donors (Lipinski definition) is 0. The van der Waals surface area contributed by atoms with E-state index in [2.05, 4.69) is 0 Å². The first-order valence-corrected chi connectivity index (χ1v) is 2.45. The molecule has 2 heteroatoms. The van der Waals surface area contributed by atoms with E-state index < -0.39 is 0 Å². The van der Waals surface area contributed by atoms with Crippen LogP contribution in [0.25, 0.3) is 0 Å². The molecule has 0 amide bonds. The maximum atomic E-state index is 9.49. The van der Waals surface area contributed by atoms with Gasteiger partial charge in [-0.25, -0.2) is 0 Å². The third-order valence-electron chi connectivity index (χ3n) is 0.487. The predicted octanol–water partition coefficient (Wildman–Crippen LogP) is 1.03. The topological polar surface area (TPSA) is 26.3 Å². The van der Waals surface area contributed by atoms with Crippen LogP contribution in [0.5, 0.6) is 0 Å². The molecule has 0 saturated carbocycles. The smallest absolute Gasteiger partial charge is 0.228 e. The van der Waals surface area contributed by atoms with E-state index in [1.807, 2.05) is 13.8 Å². The van der Waals surface area contributed by atoms with Gasteiger partial charge in [0, 0.05) is 6.08 Å². The van der Waals surface area contributed by atoms with E-state index in [-0.39, 0.29) is 6.10 Å². The Hall–Kier alpha value is -0.790. The molecule has 0 aliphatic rings. The Morgan fingerprint density at radius 2 is 2.25 bits per heavy atom. The summed E-state index contributed by atoms with van der Waals surface area (Å²) >= 11 is 0. The zero-order valence-corrected chi connectivity index (χ0v) is 5.05. The van der Waals surface area contributed by atoms with Crippen molar-refractivity contribution in [2.75, 3.05) is 0 Å². The molecule has 0 aliphatic heterocycles. The van der Waals surface area contributed by atoms with Crippen LogP contribution in [0, 0.1) is 0 Å². The molecule has 2 nitrogen and oxygen atoms in total. The molecule has 0 aliphatic carbocycles. The van der Waals surface area contributed by atoms with E-state index in [9.17, 15) is 4.79 Å². The molecule has 0 spiro atoms. The van der Waals surface area contributed by atoms with Gasteiger partial charge in [-0.2, -0.15) is 0 Å². The van der Waals surface area contributed by atoms with Crippen molar-refractivity contribution in [3.8, 4) is 0 Å². The van der Waals surface area contributed by atoms with Gasteiger partial charge in [-0.3, -0.25) is 4.79 Å². The summed E-state index contributed by atoms with van der Waals surface area (Å²) in [6.45, 7) is 3.77. The van der Waals surface area contributed by atoms with Crippen LogP contribution in [0.1, 0.15) is 13.8 Å². The molecular weight excluding hydrogens is 104 g/mol. The van der Waals surface area contributed by atoms with Gasteiger partial charge in [0.2, 0.25) is 6.29 Å². The molecule has 0 aromatic heterocycles. The van der Waals surface area contributed by atoms with E-state index in [4.69, 9.17) is 4.74 Å². The molecule has 0 fully saturated rings. The van der Waals surface area contributed by atoms with Crippen LogP contribution in [-0.2, 0) is 9.53 Å². The van der Waals surface area contributed by atoms with Gasteiger partial charge in [0.25, 0.3) is 0 Å². The van der Waals surface area contributed by atoms with Crippen LogP contribution in [0.2, 0.25) is 0 Å². The maximum absolute atomic E-state index is 9.49. The van der Waals surface area contributed by atoms with Crippen LogP contribution >= 0.6 is 0 Å². The summed E-state index contributed by atoms with van der Waals surface area (Å²) in [7, 11) is 0. The number of carbonyl (C=O) groups excluding carboxylic acids is 1. The van der Waals surface area contributed by atoms with Crippen molar-refractivity contribution in [3.63, 3.8) is 0 Å². The van der Waals surface area contributed by atoms with E-state index in [1.54, 1.807) is 6.29 Å². The fraction of sp³-hybridized carbons (Fsp3) is 0.500. The highest BCUT2D eigenvalue weighted by molar-refractivity contribution is 5.64. The van der Waals surface area contributed by atoms with Gasteiger partial charge < -0.3 is 4.74 Å². The summed E-state index contributed by atoms with van der Waals surface area (Å²) < 4.78 is 4.84. The highest BCUT2D eigenvalue weighted by Crippen LogP contribution is 1.85. The molecule has 0 bridgehead atoms. The average Bonchev–Trinajstić information content (AvgIpc) is 1.66. The molecule has 0 rings (SSSR count). The largest absolute Gasteiger partial charge is 0.498 e. The van der Waals surface area contributed by atoms with Crippen molar-refractivity contribution < 1.29 is 9.53 Å². The third-order valence-corrected chi connectivity index (χ3v) is 0.487.